The molecule has 1 fully saturated rings. The van der Waals surface area contributed by atoms with Gasteiger partial charge in [-0.2, -0.15) is 0 Å². The van der Waals surface area contributed by atoms with Crippen LogP contribution in [0.15, 0.2) is 0 Å². The molecule has 2 amide bonds. The Balaban J connectivity index is 2.85. The summed E-state index contributed by atoms with van der Waals surface area (Å²) in [5, 5.41) is 2.19. The monoisotopic (exact) mass is 215 g/mol. The van der Waals surface area contributed by atoms with Gasteiger partial charge in [0.1, 0.15) is 4.75 Å². The molecular weight excluding hydrogens is 198 g/mol. The summed E-state index contributed by atoms with van der Waals surface area (Å²) in [6.45, 7) is 6.12. The molecule has 1 saturated heterocycles. The maximum absolute atomic E-state index is 11.7. The summed E-state index contributed by atoms with van der Waals surface area (Å²) in [7, 11) is 0. The standard InChI is InChI=1S/C10H17NO2S/c1-4-6-7(3)10(5-2)8(12)11-9(13)14-10/h7H,4-6H2,1-3H3,(H,11,12,13). The van der Waals surface area contributed by atoms with Crippen molar-refractivity contribution in [2.45, 2.75) is 44.8 Å². The Morgan fingerprint density at radius 1 is 1.43 bits per heavy atom. The molecule has 1 N–H and O–H groups in total. The molecule has 14 heavy (non-hydrogen) atoms. The first-order valence-electron chi connectivity index (χ1n) is 5.11. The molecule has 0 aromatic heterocycles. The van der Waals surface area contributed by atoms with Crippen molar-refractivity contribution >= 4 is 22.9 Å². The number of imide groups is 1. The summed E-state index contributed by atoms with van der Waals surface area (Å²) < 4.78 is -0.507. The van der Waals surface area contributed by atoms with E-state index in [0.717, 1.165) is 19.3 Å². The molecule has 0 aromatic rings. The maximum atomic E-state index is 11.7. The highest BCUT2D eigenvalue weighted by Crippen LogP contribution is 2.42. The highest BCUT2D eigenvalue weighted by molar-refractivity contribution is 8.16. The Kier molecular flexibility index (Phi) is 3.59. The van der Waals surface area contributed by atoms with Crippen LogP contribution in [0.4, 0.5) is 4.79 Å². The zero-order valence-electron chi connectivity index (χ0n) is 8.92. The van der Waals surface area contributed by atoms with Gasteiger partial charge in [0.05, 0.1) is 0 Å². The Labute approximate surface area is 89.0 Å². The van der Waals surface area contributed by atoms with E-state index >= 15 is 0 Å². The molecule has 1 heterocycles. The predicted octanol–water partition coefficient (Wildman–Crippen LogP) is 2.55. The lowest BCUT2D eigenvalue weighted by atomic mass is 9.86. The summed E-state index contributed by atoms with van der Waals surface area (Å²) in [4.78, 5) is 22.9. The molecule has 1 aliphatic heterocycles. The number of carbonyl (C=O) groups excluding carboxylic acids is 2. The van der Waals surface area contributed by atoms with Gasteiger partial charge in [-0.25, -0.2) is 0 Å². The van der Waals surface area contributed by atoms with E-state index in [2.05, 4.69) is 19.2 Å². The second kappa shape index (κ2) is 4.34. The van der Waals surface area contributed by atoms with Gasteiger partial charge in [0.25, 0.3) is 5.24 Å². The number of nitrogens with one attached hydrogen (secondary N) is 1. The Morgan fingerprint density at radius 2 is 2.07 bits per heavy atom. The second-order valence-corrected chi connectivity index (χ2v) is 5.08. The fourth-order valence-corrected chi connectivity index (χ4v) is 3.09. The van der Waals surface area contributed by atoms with Gasteiger partial charge in [-0.05, 0) is 30.5 Å². The van der Waals surface area contributed by atoms with Crippen LogP contribution in [-0.2, 0) is 4.79 Å². The molecule has 0 aromatic carbocycles. The summed E-state index contributed by atoms with van der Waals surface area (Å²) in [6.07, 6.45) is 2.75. The average Bonchev–Trinajstić information content (AvgIpc) is 2.42. The summed E-state index contributed by atoms with van der Waals surface area (Å²) >= 11 is 1.17. The highest BCUT2D eigenvalue weighted by Gasteiger charge is 2.49. The first-order chi connectivity index (χ1) is 6.56. The van der Waals surface area contributed by atoms with E-state index in [0.29, 0.717) is 0 Å². The molecule has 0 radical (unpaired) electrons. The van der Waals surface area contributed by atoms with Crippen molar-refractivity contribution < 1.29 is 9.59 Å². The van der Waals surface area contributed by atoms with Crippen molar-refractivity contribution in [3.05, 3.63) is 0 Å². The number of thioether (sulfide) groups is 1. The molecule has 1 aliphatic rings. The fraction of sp³-hybridized carbons (Fsp3) is 0.800. The Morgan fingerprint density at radius 3 is 2.43 bits per heavy atom. The third-order valence-corrected chi connectivity index (χ3v) is 4.45. The van der Waals surface area contributed by atoms with Crippen LogP contribution in [0.3, 0.4) is 0 Å². The number of hydrogen-bond acceptors (Lipinski definition) is 3. The van der Waals surface area contributed by atoms with Crippen LogP contribution in [0, 0.1) is 5.92 Å². The first-order valence-corrected chi connectivity index (χ1v) is 5.93. The van der Waals surface area contributed by atoms with Crippen LogP contribution in [0.1, 0.15) is 40.0 Å². The van der Waals surface area contributed by atoms with E-state index in [4.69, 9.17) is 0 Å². The van der Waals surface area contributed by atoms with Gasteiger partial charge in [0.2, 0.25) is 5.91 Å². The van der Waals surface area contributed by atoms with Gasteiger partial charge in [-0.15, -0.1) is 0 Å². The molecule has 0 spiro atoms. The molecule has 3 nitrogen and oxygen atoms in total. The number of carbonyl (C=O) groups is 2. The number of rotatable bonds is 4. The summed E-state index contributed by atoms with van der Waals surface area (Å²) in [5.41, 5.74) is 0. The SMILES string of the molecule is CCCC(C)C1(CC)SC(=O)NC1=O. The molecule has 1 rings (SSSR count). The zero-order valence-corrected chi connectivity index (χ0v) is 9.74. The van der Waals surface area contributed by atoms with Crippen LogP contribution in [0.5, 0.6) is 0 Å². The minimum atomic E-state index is -0.507. The normalized spacial score (nSPS) is 29.1. The van der Waals surface area contributed by atoms with Gasteiger partial charge in [-0.3, -0.25) is 14.9 Å². The van der Waals surface area contributed by atoms with E-state index < -0.39 is 4.75 Å². The van der Waals surface area contributed by atoms with Gasteiger partial charge in [0, 0.05) is 0 Å². The van der Waals surface area contributed by atoms with Crippen LogP contribution in [0.25, 0.3) is 0 Å². The molecule has 0 saturated carbocycles. The largest absolute Gasteiger partial charge is 0.286 e. The van der Waals surface area contributed by atoms with E-state index in [1.807, 2.05) is 6.92 Å². The van der Waals surface area contributed by atoms with Gasteiger partial charge in [0.15, 0.2) is 0 Å². The average molecular weight is 215 g/mol. The number of hydrogen-bond donors (Lipinski definition) is 1. The zero-order chi connectivity index (χ0) is 10.8. The lowest BCUT2D eigenvalue weighted by Crippen LogP contribution is -2.41. The van der Waals surface area contributed by atoms with E-state index in [1.165, 1.54) is 11.8 Å². The highest BCUT2D eigenvalue weighted by atomic mass is 32.2. The van der Waals surface area contributed by atoms with Crippen molar-refractivity contribution in [3.63, 3.8) is 0 Å². The van der Waals surface area contributed by atoms with Crippen molar-refractivity contribution in [3.8, 4) is 0 Å². The molecule has 4 heteroatoms. The van der Waals surface area contributed by atoms with Crippen molar-refractivity contribution in [2.24, 2.45) is 5.92 Å². The van der Waals surface area contributed by atoms with Crippen LogP contribution in [-0.4, -0.2) is 15.9 Å². The third kappa shape index (κ3) is 1.80. The Hall–Kier alpha value is -0.510. The second-order valence-electron chi connectivity index (χ2n) is 3.78. The van der Waals surface area contributed by atoms with Crippen molar-refractivity contribution in [1.29, 1.82) is 0 Å². The fourth-order valence-electron chi connectivity index (χ4n) is 2.01. The molecule has 0 aliphatic carbocycles. The summed E-state index contributed by atoms with van der Waals surface area (Å²) in [5.74, 6) is 0.157. The van der Waals surface area contributed by atoms with E-state index in [9.17, 15) is 9.59 Å². The van der Waals surface area contributed by atoms with Crippen LogP contribution >= 0.6 is 11.8 Å². The van der Waals surface area contributed by atoms with Crippen molar-refractivity contribution in [1.82, 2.24) is 5.32 Å². The first kappa shape index (κ1) is 11.6. The third-order valence-electron chi connectivity index (χ3n) is 2.92. The lowest BCUT2D eigenvalue weighted by molar-refractivity contribution is -0.123. The molecular formula is C10H17NO2S. The molecule has 80 valence electrons. The van der Waals surface area contributed by atoms with E-state index in [-0.39, 0.29) is 17.1 Å². The molecule has 0 bridgehead atoms. The van der Waals surface area contributed by atoms with Crippen LogP contribution in [0.2, 0.25) is 0 Å². The number of amides is 2. The topological polar surface area (TPSA) is 46.2 Å². The molecule has 2 unspecified atom stereocenters. The smallest absolute Gasteiger partial charge is 0.286 e. The van der Waals surface area contributed by atoms with Crippen molar-refractivity contribution in [2.75, 3.05) is 0 Å². The summed E-state index contributed by atoms with van der Waals surface area (Å²) in [6, 6.07) is 0. The van der Waals surface area contributed by atoms with Gasteiger partial charge < -0.3 is 0 Å². The van der Waals surface area contributed by atoms with E-state index in [1.54, 1.807) is 0 Å². The van der Waals surface area contributed by atoms with Gasteiger partial charge >= 0.3 is 0 Å². The molecule has 2 atom stereocenters. The minimum absolute atomic E-state index is 0.101. The quantitative estimate of drug-likeness (QED) is 0.784. The minimum Gasteiger partial charge on any atom is -0.286 e. The lowest BCUT2D eigenvalue weighted by Gasteiger charge is -2.29. The predicted molar refractivity (Wildman–Crippen MR) is 58.2 cm³/mol. The Bertz CT molecular complexity index is 255. The van der Waals surface area contributed by atoms with Gasteiger partial charge in [-0.1, -0.05) is 27.2 Å². The van der Waals surface area contributed by atoms with Crippen LogP contribution < -0.4 is 5.32 Å². The maximum Gasteiger partial charge on any atom is 0.286 e.